The number of likely N-dealkylation sites (N-methyl/N-ethyl adjacent to an activating group) is 1. The van der Waals surface area contributed by atoms with Crippen molar-refractivity contribution in [3.05, 3.63) is 24.3 Å². The predicted molar refractivity (Wildman–Crippen MR) is 117 cm³/mol. The van der Waals surface area contributed by atoms with E-state index in [1.54, 1.807) is 29.2 Å². The van der Waals surface area contributed by atoms with E-state index in [1.165, 1.54) is 43.9 Å². The Morgan fingerprint density at radius 2 is 1.63 bits per heavy atom. The summed E-state index contributed by atoms with van der Waals surface area (Å²) in [5, 5.41) is 5.52. The molecule has 0 aromatic heterocycles. The van der Waals surface area contributed by atoms with E-state index >= 15 is 0 Å². The number of carbonyl (C=O) groups excluding carboxylic acids is 3. The minimum atomic E-state index is -0.210. The lowest BCUT2D eigenvalue weighted by atomic mass is 9.75. The Morgan fingerprint density at radius 3 is 2.27 bits per heavy atom. The second-order valence-electron chi connectivity index (χ2n) is 8.69. The van der Waals surface area contributed by atoms with E-state index in [4.69, 9.17) is 0 Å². The highest BCUT2D eigenvalue weighted by molar-refractivity contribution is 5.95. The second kappa shape index (κ2) is 10.6. The van der Waals surface area contributed by atoms with Crippen LogP contribution < -0.4 is 15.5 Å². The van der Waals surface area contributed by atoms with Crippen molar-refractivity contribution in [2.45, 2.75) is 46.0 Å². The summed E-state index contributed by atoms with van der Waals surface area (Å²) < 4.78 is 0. The molecule has 1 saturated heterocycles. The van der Waals surface area contributed by atoms with Crippen LogP contribution in [-0.4, -0.2) is 55.3 Å². The van der Waals surface area contributed by atoms with Crippen LogP contribution >= 0.6 is 0 Å². The smallest absolute Gasteiger partial charge is 0.278 e. The lowest BCUT2D eigenvalue weighted by molar-refractivity contribution is -0.903. The zero-order valence-corrected chi connectivity index (χ0v) is 18.2. The van der Waals surface area contributed by atoms with E-state index in [0.29, 0.717) is 24.5 Å². The Kier molecular flexibility index (Phi) is 7.85. The number of benzene rings is 1. The molecule has 0 spiro atoms. The molecule has 1 unspecified atom stereocenters. The number of quaternary nitrogens is 1. The minimum Gasteiger partial charge on any atom is -0.329 e. The van der Waals surface area contributed by atoms with E-state index in [2.05, 4.69) is 10.6 Å². The first-order chi connectivity index (χ1) is 14.4. The molecule has 0 radical (unpaired) electrons. The first-order valence-corrected chi connectivity index (χ1v) is 11.2. The summed E-state index contributed by atoms with van der Waals surface area (Å²) in [7, 11) is 0. The maximum Gasteiger partial charge on any atom is 0.278 e. The highest BCUT2D eigenvalue weighted by atomic mass is 16.2. The third kappa shape index (κ3) is 6.29. The number of nitrogens with zero attached hydrogens (tertiary/aromatic N) is 1. The summed E-state index contributed by atoms with van der Waals surface area (Å²) in [5.74, 6) is 1.34. The maximum absolute atomic E-state index is 12.8. The van der Waals surface area contributed by atoms with E-state index in [9.17, 15) is 14.4 Å². The summed E-state index contributed by atoms with van der Waals surface area (Å²) in [4.78, 5) is 39.4. The van der Waals surface area contributed by atoms with Crippen LogP contribution in [0.1, 0.15) is 46.0 Å². The number of rotatable bonds is 7. The summed E-state index contributed by atoms with van der Waals surface area (Å²) in [6.07, 6.45) is 6.59. The number of anilines is 2. The Bertz CT molecular complexity index is 749. The van der Waals surface area contributed by atoms with Crippen molar-refractivity contribution in [3.63, 3.8) is 0 Å². The highest BCUT2D eigenvalue weighted by Gasteiger charge is 2.34. The number of hydrogen-bond acceptors (Lipinski definition) is 3. The first kappa shape index (κ1) is 22.3. The lowest BCUT2D eigenvalue weighted by Gasteiger charge is -2.39. The van der Waals surface area contributed by atoms with Gasteiger partial charge in [-0.05, 0) is 56.4 Å². The standard InChI is InChI=1S/C23H34N4O3/c1-3-27(15-22(29)25-21-10-8-20(9-11-21)24-17(2)28)23(30)16-26-13-12-18-6-4-5-7-19(18)14-26/h8-11,18-19H,3-7,12-16H2,1-2H3,(H,24,28)(H,25,29)/p+1/t18-,19-/m1/s1. The summed E-state index contributed by atoms with van der Waals surface area (Å²) in [6, 6.07) is 6.94. The molecule has 3 N–H and O–H groups in total. The van der Waals surface area contributed by atoms with Gasteiger partial charge in [-0.25, -0.2) is 0 Å². The number of nitrogens with one attached hydrogen (secondary N) is 3. The van der Waals surface area contributed by atoms with Crippen molar-refractivity contribution in [2.75, 3.05) is 43.4 Å². The Labute approximate surface area is 179 Å². The van der Waals surface area contributed by atoms with Crippen molar-refractivity contribution in [1.82, 2.24) is 4.90 Å². The van der Waals surface area contributed by atoms with Gasteiger partial charge in [-0.1, -0.05) is 12.8 Å². The van der Waals surface area contributed by atoms with E-state index in [-0.39, 0.29) is 24.3 Å². The molecule has 2 aliphatic rings. The molecular formula is C23H35N4O3+. The first-order valence-electron chi connectivity index (χ1n) is 11.2. The number of amides is 3. The SMILES string of the molecule is CCN(CC(=O)Nc1ccc(NC(C)=O)cc1)C(=O)C[NH+]1CC[C@H]2CCCC[C@@H]2C1. The van der Waals surface area contributed by atoms with E-state index < -0.39 is 0 Å². The topological polar surface area (TPSA) is 83.0 Å². The average Bonchev–Trinajstić information content (AvgIpc) is 2.73. The molecule has 1 aromatic rings. The van der Waals surface area contributed by atoms with Crippen LogP contribution in [0, 0.1) is 11.8 Å². The van der Waals surface area contributed by atoms with Gasteiger partial charge in [-0.2, -0.15) is 0 Å². The molecule has 7 nitrogen and oxygen atoms in total. The van der Waals surface area contributed by atoms with Crippen LogP contribution in [-0.2, 0) is 14.4 Å². The Hall–Kier alpha value is -2.41. The molecule has 30 heavy (non-hydrogen) atoms. The molecule has 3 amide bonds. The van der Waals surface area contributed by atoms with Crippen LogP contribution in [0.2, 0.25) is 0 Å². The molecule has 1 aliphatic carbocycles. The summed E-state index contributed by atoms with van der Waals surface area (Å²) in [6.45, 7) is 6.59. The van der Waals surface area contributed by atoms with Crippen LogP contribution in [0.25, 0.3) is 0 Å². The third-order valence-electron chi connectivity index (χ3n) is 6.45. The lowest BCUT2D eigenvalue weighted by Crippen LogP contribution is -3.15. The third-order valence-corrected chi connectivity index (χ3v) is 6.45. The van der Waals surface area contributed by atoms with Gasteiger partial charge < -0.3 is 20.4 Å². The zero-order valence-electron chi connectivity index (χ0n) is 18.2. The van der Waals surface area contributed by atoms with Gasteiger partial charge in [0.2, 0.25) is 11.8 Å². The summed E-state index contributed by atoms with van der Waals surface area (Å²) in [5.41, 5.74) is 1.32. The molecule has 1 aromatic carbocycles. The molecule has 7 heteroatoms. The van der Waals surface area contributed by atoms with Gasteiger partial charge in [0.1, 0.15) is 6.54 Å². The summed E-state index contributed by atoms with van der Waals surface area (Å²) >= 11 is 0. The van der Waals surface area contributed by atoms with Crippen LogP contribution in [0.4, 0.5) is 11.4 Å². The van der Waals surface area contributed by atoms with Gasteiger partial charge in [0.25, 0.3) is 5.91 Å². The molecule has 1 aliphatic heterocycles. The fourth-order valence-corrected chi connectivity index (χ4v) is 4.87. The molecule has 3 rings (SSSR count). The zero-order chi connectivity index (χ0) is 21.5. The number of carbonyl (C=O) groups is 3. The number of likely N-dealkylation sites (tertiary alicyclic amines) is 1. The van der Waals surface area contributed by atoms with E-state index in [0.717, 1.165) is 24.9 Å². The fourth-order valence-electron chi connectivity index (χ4n) is 4.87. The number of fused-ring (bicyclic) bond motifs is 1. The van der Waals surface area contributed by atoms with Crippen LogP contribution in [0.15, 0.2) is 24.3 Å². The van der Waals surface area contributed by atoms with Crippen molar-refractivity contribution in [3.8, 4) is 0 Å². The molecular weight excluding hydrogens is 380 g/mol. The van der Waals surface area contributed by atoms with Gasteiger partial charge in [0.05, 0.1) is 13.1 Å². The van der Waals surface area contributed by atoms with Crippen LogP contribution in [0.3, 0.4) is 0 Å². The number of hydrogen-bond donors (Lipinski definition) is 3. The molecule has 1 saturated carbocycles. The van der Waals surface area contributed by atoms with Gasteiger partial charge in [0, 0.05) is 30.8 Å². The molecule has 3 atom stereocenters. The van der Waals surface area contributed by atoms with Crippen molar-refractivity contribution in [1.29, 1.82) is 0 Å². The monoisotopic (exact) mass is 415 g/mol. The van der Waals surface area contributed by atoms with Crippen molar-refractivity contribution < 1.29 is 19.3 Å². The molecule has 2 fully saturated rings. The van der Waals surface area contributed by atoms with E-state index in [1.807, 2.05) is 6.92 Å². The quantitative estimate of drug-likeness (QED) is 0.632. The molecule has 1 heterocycles. The molecule has 0 bridgehead atoms. The maximum atomic E-state index is 12.8. The number of piperidine rings is 1. The van der Waals surface area contributed by atoms with Gasteiger partial charge >= 0.3 is 0 Å². The fraction of sp³-hybridized carbons (Fsp3) is 0.609. The van der Waals surface area contributed by atoms with Crippen molar-refractivity contribution in [2.24, 2.45) is 11.8 Å². The minimum absolute atomic E-state index is 0.0536. The largest absolute Gasteiger partial charge is 0.329 e. The molecule has 164 valence electrons. The Balaban J connectivity index is 1.47. The van der Waals surface area contributed by atoms with Gasteiger partial charge in [-0.15, -0.1) is 0 Å². The van der Waals surface area contributed by atoms with Gasteiger partial charge in [-0.3, -0.25) is 14.4 Å². The predicted octanol–water partition coefficient (Wildman–Crippen LogP) is 1.53. The normalized spacial score (nSPS) is 23.2. The van der Waals surface area contributed by atoms with Crippen molar-refractivity contribution >= 4 is 29.1 Å². The average molecular weight is 416 g/mol. The Morgan fingerprint density at radius 1 is 1.00 bits per heavy atom. The second-order valence-corrected chi connectivity index (χ2v) is 8.69. The van der Waals surface area contributed by atoms with Crippen LogP contribution in [0.5, 0.6) is 0 Å². The van der Waals surface area contributed by atoms with Gasteiger partial charge in [0.15, 0.2) is 6.54 Å². The highest BCUT2D eigenvalue weighted by Crippen LogP contribution is 2.32.